The monoisotopic (exact) mass is 347 g/mol. The van der Waals surface area contributed by atoms with Crippen molar-refractivity contribution >= 4 is 35.1 Å². The van der Waals surface area contributed by atoms with Gasteiger partial charge < -0.3 is 5.32 Å². The van der Waals surface area contributed by atoms with Gasteiger partial charge in [-0.2, -0.15) is 23.5 Å². The Bertz CT molecular complexity index is 458. The summed E-state index contributed by atoms with van der Waals surface area (Å²) in [6, 6.07) is 5.51. The molecule has 1 saturated heterocycles. The molecular weight excluding hydrogens is 325 g/mol. The van der Waals surface area contributed by atoms with Crippen molar-refractivity contribution in [1.82, 2.24) is 5.32 Å². The highest BCUT2D eigenvalue weighted by molar-refractivity contribution is 8.07. The number of hydrogen-bond acceptors (Lipinski definition) is 3. The third-order valence-corrected chi connectivity index (χ3v) is 7.27. The zero-order valence-electron chi connectivity index (χ0n) is 12.6. The first-order valence-electron chi connectivity index (χ1n) is 7.52. The molecule has 1 heterocycles. The van der Waals surface area contributed by atoms with E-state index in [-0.39, 0.29) is 10.8 Å². The van der Waals surface area contributed by atoms with E-state index in [2.05, 4.69) is 42.7 Å². The average Bonchev–Trinajstić information content (AvgIpc) is 2.48. The van der Waals surface area contributed by atoms with E-state index in [1.807, 2.05) is 6.07 Å². The minimum absolute atomic E-state index is 0.223. The fourth-order valence-electron chi connectivity index (χ4n) is 2.65. The van der Waals surface area contributed by atoms with E-state index < -0.39 is 0 Å². The molecule has 0 saturated carbocycles. The van der Waals surface area contributed by atoms with E-state index in [1.165, 1.54) is 17.6 Å². The molecule has 21 heavy (non-hydrogen) atoms. The van der Waals surface area contributed by atoms with Crippen LogP contribution in [0, 0.1) is 5.82 Å². The Morgan fingerprint density at radius 2 is 2.14 bits per heavy atom. The summed E-state index contributed by atoms with van der Waals surface area (Å²) in [5, 5.41) is 5.15. The Kier molecular flexibility index (Phi) is 7.20. The Hall–Kier alpha value is 0.1000. The first-order valence-corrected chi connectivity index (χ1v) is 10.00. The lowest BCUT2D eigenvalue weighted by Crippen LogP contribution is -2.46. The third kappa shape index (κ3) is 5.05. The van der Waals surface area contributed by atoms with Crippen LogP contribution in [0.2, 0.25) is 5.02 Å². The molecule has 1 aliphatic heterocycles. The number of nitrogens with one attached hydrogen (secondary N) is 1. The number of hydrogen-bond donors (Lipinski definition) is 1. The van der Waals surface area contributed by atoms with Gasteiger partial charge in [-0.1, -0.05) is 31.5 Å². The third-order valence-electron chi connectivity index (χ3n) is 3.73. The van der Waals surface area contributed by atoms with E-state index in [9.17, 15) is 4.39 Å². The predicted molar refractivity (Wildman–Crippen MR) is 95.4 cm³/mol. The predicted octanol–water partition coefficient (Wildman–Crippen LogP) is 4.63. The summed E-state index contributed by atoms with van der Waals surface area (Å²) in [6.07, 6.45) is 2.03. The Morgan fingerprint density at radius 3 is 2.81 bits per heavy atom. The standard InChI is InChI=1S/C16H23ClFNS2/c1-3-6-19-15(16-11(2)20-7-8-21-16)10-12-4-5-14(18)13(17)9-12/h4-5,9,11,15-16,19H,3,6-8,10H2,1-2H3. The molecule has 2 rings (SSSR count). The smallest absolute Gasteiger partial charge is 0.141 e. The minimum Gasteiger partial charge on any atom is -0.313 e. The highest BCUT2D eigenvalue weighted by Gasteiger charge is 2.30. The fraction of sp³-hybridized carbons (Fsp3) is 0.625. The SMILES string of the molecule is CCCNC(Cc1ccc(F)c(Cl)c1)C1SCCSC1C. The normalized spacial score (nSPS) is 24.0. The van der Waals surface area contributed by atoms with Gasteiger partial charge in [-0.05, 0) is 37.1 Å². The lowest BCUT2D eigenvalue weighted by atomic mass is 10.0. The van der Waals surface area contributed by atoms with Crippen molar-refractivity contribution in [2.45, 2.75) is 43.2 Å². The van der Waals surface area contributed by atoms with Crippen LogP contribution in [0.1, 0.15) is 25.8 Å². The molecule has 0 aromatic heterocycles. The van der Waals surface area contributed by atoms with Crippen molar-refractivity contribution in [1.29, 1.82) is 0 Å². The summed E-state index contributed by atoms with van der Waals surface area (Å²) in [6.45, 7) is 5.53. The first-order chi connectivity index (χ1) is 10.1. The maximum atomic E-state index is 13.3. The van der Waals surface area contributed by atoms with Crippen LogP contribution in [-0.2, 0) is 6.42 Å². The molecule has 1 aromatic rings. The van der Waals surface area contributed by atoms with Crippen LogP contribution in [0.5, 0.6) is 0 Å². The molecule has 3 unspecified atom stereocenters. The highest BCUT2D eigenvalue weighted by Crippen LogP contribution is 2.34. The van der Waals surface area contributed by atoms with Crippen molar-refractivity contribution in [3.63, 3.8) is 0 Å². The molecule has 0 aliphatic carbocycles. The highest BCUT2D eigenvalue weighted by atomic mass is 35.5. The van der Waals surface area contributed by atoms with Gasteiger partial charge in [-0.3, -0.25) is 0 Å². The number of halogens is 2. The van der Waals surface area contributed by atoms with Crippen LogP contribution < -0.4 is 5.32 Å². The van der Waals surface area contributed by atoms with E-state index in [4.69, 9.17) is 11.6 Å². The van der Waals surface area contributed by atoms with Crippen LogP contribution in [0.3, 0.4) is 0 Å². The molecule has 0 spiro atoms. The quantitative estimate of drug-likeness (QED) is 0.806. The van der Waals surface area contributed by atoms with Crippen molar-refractivity contribution < 1.29 is 4.39 Å². The van der Waals surface area contributed by atoms with E-state index in [1.54, 1.807) is 6.07 Å². The largest absolute Gasteiger partial charge is 0.313 e. The summed E-state index contributed by atoms with van der Waals surface area (Å²) >= 11 is 10.0. The van der Waals surface area contributed by atoms with Gasteiger partial charge in [0, 0.05) is 28.0 Å². The molecule has 0 radical (unpaired) electrons. The number of thioether (sulfide) groups is 2. The Morgan fingerprint density at radius 1 is 1.38 bits per heavy atom. The zero-order valence-corrected chi connectivity index (χ0v) is 15.0. The van der Waals surface area contributed by atoms with Gasteiger partial charge in [-0.25, -0.2) is 4.39 Å². The van der Waals surface area contributed by atoms with Crippen LogP contribution >= 0.6 is 35.1 Å². The topological polar surface area (TPSA) is 12.0 Å². The molecule has 1 aliphatic rings. The average molecular weight is 348 g/mol. The lowest BCUT2D eigenvalue weighted by molar-refractivity contribution is 0.486. The van der Waals surface area contributed by atoms with Crippen molar-refractivity contribution in [3.05, 3.63) is 34.6 Å². The summed E-state index contributed by atoms with van der Waals surface area (Å²) < 4.78 is 13.3. The molecular formula is C16H23ClFNS2. The van der Waals surface area contributed by atoms with Gasteiger partial charge in [0.2, 0.25) is 0 Å². The van der Waals surface area contributed by atoms with E-state index in [0.717, 1.165) is 24.9 Å². The molecule has 5 heteroatoms. The second kappa shape index (κ2) is 8.66. The maximum Gasteiger partial charge on any atom is 0.141 e. The van der Waals surface area contributed by atoms with Crippen LogP contribution in [0.4, 0.5) is 4.39 Å². The molecule has 1 fully saturated rings. The molecule has 0 amide bonds. The summed E-state index contributed by atoms with van der Waals surface area (Å²) in [4.78, 5) is 0. The molecule has 1 aromatic carbocycles. The lowest BCUT2D eigenvalue weighted by Gasteiger charge is -2.35. The summed E-state index contributed by atoms with van der Waals surface area (Å²) in [5.74, 6) is 2.12. The molecule has 1 nitrogen and oxygen atoms in total. The Labute approximate surface area is 140 Å². The van der Waals surface area contributed by atoms with Gasteiger partial charge in [0.15, 0.2) is 0 Å². The second-order valence-electron chi connectivity index (χ2n) is 5.42. The van der Waals surface area contributed by atoms with Crippen LogP contribution in [-0.4, -0.2) is 34.6 Å². The molecule has 0 bridgehead atoms. The van der Waals surface area contributed by atoms with Gasteiger partial charge in [0.1, 0.15) is 5.82 Å². The minimum atomic E-state index is -0.338. The van der Waals surface area contributed by atoms with Crippen molar-refractivity contribution in [3.8, 4) is 0 Å². The van der Waals surface area contributed by atoms with Gasteiger partial charge in [-0.15, -0.1) is 0 Å². The molecule has 3 atom stereocenters. The maximum absolute atomic E-state index is 13.3. The van der Waals surface area contributed by atoms with Crippen molar-refractivity contribution in [2.24, 2.45) is 0 Å². The summed E-state index contributed by atoms with van der Waals surface area (Å²) in [5.41, 5.74) is 1.11. The van der Waals surface area contributed by atoms with E-state index >= 15 is 0 Å². The Balaban J connectivity index is 2.09. The van der Waals surface area contributed by atoms with Gasteiger partial charge >= 0.3 is 0 Å². The van der Waals surface area contributed by atoms with Crippen LogP contribution in [0.15, 0.2) is 18.2 Å². The fourth-order valence-corrected chi connectivity index (χ4v) is 5.81. The van der Waals surface area contributed by atoms with Gasteiger partial charge in [0.25, 0.3) is 0 Å². The number of benzene rings is 1. The van der Waals surface area contributed by atoms with Crippen molar-refractivity contribution in [2.75, 3.05) is 18.1 Å². The zero-order chi connectivity index (χ0) is 15.2. The number of rotatable bonds is 6. The van der Waals surface area contributed by atoms with Crippen LogP contribution in [0.25, 0.3) is 0 Å². The summed E-state index contributed by atoms with van der Waals surface area (Å²) in [7, 11) is 0. The molecule has 118 valence electrons. The first kappa shape index (κ1) is 17.5. The second-order valence-corrected chi connectivity index (χ2v) is 8.60. The van der Waals surface area contributed by atoms with E-state index in [0.29, 0.717) is 16.5 Å². The van der Waals surface area contributed by atoms with Gasteiger partial charge in [0.05, 0.1) is 5.02 Å². The molecule has 1 N–H and O–H groups in total.